The number of likely N-dealkylation sites (tertiary alicyclic amines) is 1. The number of halogens is 1. The lowest BCUT2D eigenvalue weighted by Crippen LogP contribution is -2.29. The van der Waals surface area contributed by atoms with Gasteiger partial charge in [0.25, 0.3) is 5.91 Å². The zero-order chi connectivity index (χ0) is 12.4. The van der Waals surface area contributed by atoms with Crippen molar-refractivity contribution >= 4 is 28.1 Å². The van der Waals surface area contributed by atoms with Crippen molar-refractivity contribution in [2.24, 2.45) is 0 Å². The number of likely N-dealkylation sites (N-methyl/N-ethyl adjacent to an activating group) is 1. The van der Waals surface area contributed by atoms with Gasteiger partial charge in [0.2, 0.25) is 0 Å². The van der Waals surface area contributed by atoms with E-state index in [1.165, 1.54) is 0 Å². The van der Waals surface area contributed by atoms with E-state index in [9.17, 15) is 9.59 Å². The van der Waals surface area contributed by atoms with Crippen LogP contribution < -0.4 is 4.74 Å². The predicted molar refractivity (Wildman–Crippen MR) is 66.2 cm³/mol. The summed E-state index contributed by atoms with van der Waals surface area (Å²) >= 11 is 3.32. The molecule has 1 aromatic rings. The molecule has 1 fully saturated rings. The van der Waals surface area contributed by atoms with Gasteiger partial charge >= 0.3 is 0 Å². The molecule has 17 heavy (non-hydrogen) atoms. The molecule has 1 aliphatic heterocycles. The molecule has 5 heteroatoms. The minimum Gasteiger partial charge on any atom is -0.479 e. The Bertz CT molecular complexity index is 461. The summed E-state index contributed by atoms with van der Waals surface area (Å²) in [4.78, 5) is 23.9. The van der Waals surface area contributed by atoms with E-state index in [-0.39, 0.29) is 5.91 Å². The molecular formula is C12H12BrNO3. The predicted octanol–water partition coefficient (Wildman–Crippen LogP) is 1.87. The molecule has 0 N–H and O–H groups in total. The zero-order valence-electron chi connectivity index (χ0n) is 9.35. The van der Waals surface area contributed by atoms with Gasteiger partial charge in [-0.25, -0.2) is 0 Å². The minimum atomic E-state index is -0.418. The van der Waals surface area contributed by atoms with E-state index < -0.39 is 6.10 Å². The number of carbonyl (C=O) groups is 2. The molecule has 0 saturated carbocycles. The normalized spacial score (nSPS) is 19.5. The van der Waals surface area contributed by atoms with E-state index in [1.54, 1.807) is 30.1 Å². The smallest absolute Gasteiger partial charge is 0.263 e. The summed E-state index contributed by atoms with van der Waals surface area (Å²) in [7, 11) is 1.76. The van der Waals surface area contributed by atoms with Crippen LogP contribution in [0.15, 0.2) is 22.7 Å². The summed E-state index contributed by atoms with van der Waals surface area (Å²) < 4.78 is 6.32. The Hall–Kier alpha value is -1.36. The number of nitrogens with zero attached hydrogens (tertiary/aromatic N) is 1. The quantitative estimate of drug-likeness (QED) is 0.800. The van der Waals surface area contributed by atoms with Crippen molar-refractivity contribution in [2.45, 2.75) is 12.5 Å². The molecule has 0 radical (unpaired) electrons. The molecule has 2 rings (SSSR count). The lowest BCUT2D eigenvalue weighted by Gasteiger charge is -2.14. The Labute approximate surface area is 108 Å². The SMILES string of the molecule is CN1CCC(Oc2ccc(C=O)cc2Br)C1=O. The fourth-order valence-corrected chi connectivity index (χ4v) is 2.23. The number of hydrogen-bond acceptors (Lipinski definition) is 3. The Morgan fingerprint density at radius 3 is 2.82 bits per heavy atom. The number of rotatable bonds is 3. The first-order chi connectivity index (χ1) is 8.11. The standard InChI is InChI=1S/C12H12BrNO3/c1-14-5-4-11(12(14)16)17-10-3-2-8(7-15)6-9(10)13/h2-3,6-7,11H,4-5H2,1H3. The van der Waals surface area contributed by atoms with Gasteiger partial charge in [0.15, 0.2) is 6.10 Å². The Kier molecular flexibility index (Phi) is 3.47. The maximum atomic E-state index is 11.7. The van der Waals surface area contributed by atoms with Gasteiger partial charge in [-0.15, -0.1) is 0 Å². The third-order valence-corrected chi connectivity index (χ3v) is 3.36. The van der Waals surface area contributed by atoms with Crippen molar-refractivity contribution in [3.8, 4) is 5.75 Å². The number of aldehydes is 1. The van der Waals surface area contributed by atoms with Gasteiger partial charge in [-0.05, 0) is 34.1 Å². The molecule has 0 spiro atoms. The maximum absolute atomic E-state index is 11.7. The van der Waals surface area contributed by atoms with E-state index >= 15 is 0 Å². The number of amides is 1. The molecule has 0 aromatic heterocycles. The first-order valence-corrected chi connectivity index (χ1v) is 6.07. The van der Waals surface area contributed by atoms with Crippen LogP contribution in [0.25, 0.3) is 0 Å². The van der Waals surface area contributed by atoms with Gasteiger partial charge in [0.1, 0.15) is 12.0 Å². The summed E-state index contributed by atoms with van der Waals surface area (Å²) in [6, 6.07) is 5.03. The van der Waals surface area contributed by atoms with Crippen LogP contribution in [-0.4, -0.2) is 36.8 Å². The van der Waals surface area contributed by atoms with E-state index in [0.717, 1.165) is 6.29 Å². The van der Waals surface area contributed by atoms with E-state index in [4.69, 9.17) is 4.74 Å². The highest BCUT2D eigenvalue weighted by atomic mass is 79.9. The van der Waals surface area contributed by atoms with Crippen molar-refractivity contribution in [2.75, 3.05) is 13.6 Å². The van der Waals surface area contributed by atoms with Crippen molar-refractivity contribution in [3.63, 3.8) is 0 Å². The minimum absolute atomic E-state index is 0.00337. The van der Waals surface area contributed by atoms with E-state index in [0.29, 0.717) is 28.8 Å². The van der Waals surface area contributed by atoms with Crippen LogP contribution in [0.2, 0.25) is 0 Å². The van der Waals surface area contributed by atoms with Gasteiger partial charge < -0.3 is 9.64 Å². The average Bonchev–Trinajstić information content (AvgIpc) is 2.63. The highest BCUT2D eigenvalue weighted by Crippen LogP contribution is 2.28. The number of carbonyl (C=O) groups excluding carboxylic acids is 2. The van der Waals surface area contributed by atoms with Crippen LogP contribution in [0.5, 0.6) is 5.75 Å². The third-order valence-electron chi connectivity index (χ3n) is 2.74. The lowest BCUT2D eigenvalue weighted by atomic mass is 10.2. The maximum Gasteiger partial charge on any atom is 0.263 e. The van der Waals surface area contributed by atoms with E-state index in [2.05, 4.69) is 15.9 Å². The summed E-state index contributed by atoms with van der Waals surface area (Å²) in [6.45, 7) is 0.716. The van der Waals surface area contributed by atoms with Crippen molar-refractivity contribution in [1.29, 1.82) is 0 Å². The van der Waals surface area contributed by atoms with Crippen LogP contribution >= 0.6 is 15.9 Å². The second-order valence-corrected chi connectivity index (χ2v) is 4.82. The number of ether oxygens (including phenoxy) is 1. The molecular weight excluding hydrogens is 286 g/mol. The largest absolute Gasteiger partial charge is 0.479 e. The third kappa shape index (κ3) is 2.49. The van der Waals surface area contributed by atoms with Gasteiger partial charge in [-0.3, -0.25) is 9.59 Å². The summed E-state index contributed by atoms with van der Waals surface area (Å²) in [5, 5.41) is 0. The van der Waals surface area contributed by atoms with Crippen LogP contribution in [0.4, 0.5) is 0 Å². The number of benzene rings is 1. The van der Waals surface area contributed by atoms with Crippen LogP contribution in [0.1, 0.15) is 16.8 Å². The zero-order valence-corrected chi connectivity index (χ0v) is 10.9. The average molecular weight is 298 g/mol. The summed E-state index contributed by atoms with van der Waals surface area (Å²) in [5.41, 5.74) is 0.569. The van der Waals surface area contributed by atoms with Crippen molar-refractivity contribution in [1.82, 2.24) is 4.90 Å². The molecule has 1 atom stereocenters. The van der Waals surface area contributed by atoms with Crippen LogP contribution in [-0.2, 0) is 4.79 Å². The molecule has 90 valence electrons. The molecule has 1 saturated heterocycles. The first kappa shape index (κ1) is 12.1. The topological polar surface area (TPSA) is 46.6 Å². The van der Waals surface area contributed by atoms with E-state index in [1.807, 2.05) is 0 Å². The van der Waals surface area contributed by atoms with Gasteiger partial charge in [-0.2, -0.15) is 0 Å². The second-order valence-electron chi connectivity index (χ2n) is 3.96. The fourth-order valence-electron chi connectivity index (χ4n) is 1.74. The fraction of sp³-hybridized carbons (Fsp3) is 0.333. The summed E-state index contributed by atoms with van der Waals surface area (Å²) in [5.74, 6) is 0.584. The Morgan fingerprint density at radius 2 is 2.29 bits per heavy atom. The second kappa shape index (κ2) is 4.87. The molecule has 1 heterocycles. The molecule has 1 aromatic carbocycles. The molecule has 1 aliphatic rings. The van der Waals surface area contributed by atoms with Crippen LogP contribution in [0.3, 0.4) is 0 Å². The summed E-state index contributed by atoms with van der Waals surface area (Å²) in [6.07, 6.45) is 1.04. The highest BCUT2D eigenvalue weighted by Gasteiger charge is 2.31. The molecule has 0 bridgehead atoms. The van der Waals surface area contributed by atoms with Gasteiger partial charge in [0, 0.05) is 25.6 Å². The van der Waals surface area contributed by atoms with Crippen molar-refractivity contribution in [3.05, 3.63) is 28.2 Å². The molecule has 1 unspecified atom stereocenters. The van der Waals surface area contributed by atoms with Gasteiger partial charge in [0.05, 0.1) is 4.47 Å². The monoisotopic (exact) mass is 297 g/mol. The van der Waals surface area contributed by atoms with Crippen molar-refractivity contribution < 1.29 is 14.3 Å². The highest BCUT2D eigenvalue weighted by molar-refractivity contribution is 9.10. The Balaban J connectivity index is 2.14. The molecule has 1 amide bonds. The molecule has 4 nitrogen and oxygen atoms in total. The lowest BCUT2D eigenvalue weighted by molar-refractivity contribution is -0.132. The molecule has 0 aliphatic carbocycles. The van der Waals surface area contributed by atoms with Crippen LogP contribution in [0, 0.1) is 0 Å². The first-order valence-electron chi connectivity index (χ1n) is 5.28. The van der Waals surface area contributed by atoms with Gasteiger partial charge in [-0.1, -0.05) is 0 Å². The Morgan fingerprint density at radius 1 is 1.53 bits per heavy atom. The number of hydrogen-bond donors (Lipinski definition) is 0.